The highest BCUT2D eigenvalue weighted by molar-refractivity contribution is 5.68. The van der Waals surface area contributed by atoms with Crippen LogP contribution in [0, 0.1) is 0 Å². The summed E-state index contributed by atoms with van der Waals surface area (Å²) < 4.78 is 5.70. The van der Waals surface area contributed by atoms with E-state index in [9.17, 15) is 4.79 Å². The zero-order valence-corrected chi connectivity index (χ0v) is 6.02. The van der Waals surface area contributed by atoms with Crippen LogP contribution in [0.4, 0.5) is 5.95 Å². The minimum atomic E-state index is -0.380. The van der Waals surface area contributed by atoms with Gasteiger partial charge in [0.25, 0.3) is 0 Å². The van der Waals surface area contributed by atoms with Gasteiger partial charge in [0.15, 0.2) is 0 Å². The van der Waals surface area contributed by atoms with Gasteiger partial charge in [-0.3, -0.25) is 4.79 Å². The molecule has 11 heavy (non-hydrogen) atoms. The Morgan fingerprint density at radius 3 is 3.09 bits per heavy atom. The number of nitrogens with two attached hydrogens (primary N) is 1. The van der Waals surface area contributed by atoms with Gasteiger partial charge >= 0.3 is 5.97 Å². The molecule has 1 aromatic rings. The van der Waals surface area contributed by atoms with Crippen molar-refractivity contribution in [1.82, 2.24) is 14.8 Å². The van der Waals surface area contributed by atoms with Gasteiger partial charge in [0.05, 0.1) is 7.11 Å². The van der Waals surface area contributed by atoms with Crippen LogP contribution >= 0.6 is 0 Å². The molecule has 0 bridgehead atoms. The Kier molecular flexibility index (Phi) is 2.05. The molecule has 0 aliphatic rings. The van der Waals surface area contributed by atoms with Crippen molar-refractivity contribution >= 4 is 11.9 Å². The van der Waals surface area contributed by atoms with Crippen molar-refractivity contribution in [2.24, 2.45) is 0 Å². The summed E-state index contributed by atoms with van der Waals surface area (Å²) >= 11 is 0. The van der Waals surface area contributed by atoms with E-state index in [-0.39, 0.29) is 18.5 Å². The maximum atomic E-state index is 10.6. The second-order valence-electron chi connectivity index (χ2n) is 1.88. The highest BCUT2D eigenvalue weighted by Gasteiger charge is 2.02. The highest BCUT2D eigenvalue weighted by Crippen LogP contribution is 1.89. The van der Waals surface area contributed by atoms with Gasteiger partial charge in [-0.2, -0.15) is 0 Å². The van der Waals surface area contributed by atoms with E-state index in [1.807, 2.05) is 0 Å². The summed E-state index contributed by atoms with van der Waals surface area (Å²) in [6, 6.07) is 0. The van der Waals surface area contributed by atoms with Gasteiger partial charge in [0.2, 0.25) is 5.95 Å². The van der Waals surface area contributed by atoms with Crippen LogP contribution in [0.3, 0.4) is 0 Å². The Morgan fingerprint density at radius 1 is 1.91 bits per heavy atom. The van der Waals surface area contributed by atoms with Crippen LogP contribution in [0.15, 0.2) is 6.33 Å². The van der Waals surface area contributed by atoms with Crippen LogP contribution in [-0.2, 0) is 16.1 Å². The molecular weight excluding hydrogens is 148 g/mol. The minimum absolute atomic E-state index is 0.0424. The van der Waals surface area contributed by atoms with E-state index in [2.05, 4.69) is 14.8 Å². The largest absolute Gasteiger partial charge is 0.468 e. The molecule has 6 nitrogen and oxygen atoms in total. The number of esters is 1. The molecule has 0 unspecified atom stereocenters. The number of carbonyl (C=O) groups is 1. The van der Waals surface area contributed by atoms with E-state index < -0.39 is 0 Å². The minimum Gasteiger partial charge on any atom is -0.468 e. The molecule has 0 radical (unpaired) electrons. The smallest absolute Gasteiger partial charge is 0.327 e. The summed E-state index contributed by atoms with van der Waals surface area (Å²) in [4.78, 5) is 14.3. The van der Waals surface area contributed by atoms with Gasteiger partial charge in [-0.05, 0) is 0 Å². The summed E-state index contributed by atoms with van der Waals surface area (Å²) in [6.07, 6.45) is 1.37. The molecule has 2 N–H and O–H groups in total. The summed E-state index contributed by atoms with van der Waals surface area (Å²) in [6.45, 7) is 0.0424. The fourth-order valence-electron chi connectivity index (χ4n) is 0.582. The van der Waals surface area contributed by atoms with E-state index >= 15 is 0 Å². The number of nitrogens with zero attached hydrogens (tertiary/aromatic N) is 3. The standard InChI is InChI=1S/C5H8N4O2/c1-11-4(10)2-9-3-7-5(6)8-9/h3H,2H2,1H3,(H2,6,8). The molecule has 1 rings (SSSR count). The van der Waals surface area contributed by atoms with Crippen molar-refractivity contribution in [2.75, 3.05) is 12.8 Å². The number of methoxy groups -OCH3 is 1. The molecule has 0 amide bonds. The maximum absolute atomic E-state index is 10.6. The van der Waals surface area contributed by atoms with Crippen LogP contribution in [0.25, 0.3) is 0 Å². The van der Waals surface area contributed by atoms with Gasteiger partial charge < -0.3 is 10.5 Å². The Labute approximate surface area is 63.0 Å². The maximum Gasteiger partial charge on any atom is 0.327 e. The van der Waals surface area contributed by atoms with Crippen LogP contribution < -0.4 is 5.73 Å². The third kappa shape index (κ3) is 1.92. The summed E-state index contributed by atoms with van der Waals surface area (Å²) in [5.41, 5.74) is 5.20. The lowest BCUT2D eigenvalue weighted by molar-refractivity contribution is -0.141. The van der Waals surface area contributed by atoms with Gasteiger partial charge in [-0.15, -0.1) is 5.10 Å². The molecular formula is C5H8N4O2. The SMILES string of the molecule is COC(=O)Cn1cnc(N)n1. The molecule has 0 aliphatic heterocycles. The topological polar surface area (TPSA) is 83.0 Å². The van der Waals surface area contributed by atoms with Crippen molar-refractivity contribution in [2.45, 2.75) is 6.54 Å². The molecule has 6 heteroatoms. The predicted octanol–water partition coefficient (Wildman–Crippen LogP) is -0.967. The Morgan fingerprint density at radius 2 is 2.64 bits per heavy atom. The third-order valence-corrected chi connectivity index (χ3v) is 1.07. The summed E-state index contributed by atoms with van der Waals surface area (Å²) in [5.74, 6) is -0.233. The van der Waals surface area contributed by atoms with Crippen LogP contribution in [0.2, 0.25) is 0 Å². The van der Waals surface area contributed by atoms with E-state index in [4.69, 9.17) is 5.73 Å². The molecule has 0 saturated carbocycles. The number of anilines is 1. The van der Waals surface area contributed by atoms with Crippen molar-refractivity contribution in [3.05, 3.63) is 6.33 Å². The fourth-order valence-corrected chi connectivity index (χ4v) is 0.582. The second kappa shape index (κ2) is 3.00. The first kappa shape index (κ1) is 7.52. The zero-order chi connectivity index (χ0) is 8.27. The molecule has 0 aromatic carbocycles. The molecule has 0 aliphatic carbocycles. The number of carbonyl (C=O) groups excluding carboxylic acids is 1. The average molecular weight is 156 g/mol. The lowest BCUT2D eigenvalue weighted by atomic mass is 10.7. The third-order valence-electron chi connectivity index (χ3n) is 1.07. The first-order chi connectivity index (χ1) is 5.22. The van der Waals surface area contributed by atoms with E-state index in [1.165, 1.54) is 18.1 Å². The Balaban J connectivity index is 2.57. The van der Waals surface area contributed by atoms with Crippen molar-refractivity contribution in [3.8, 4) is 0 Å². The van der Waals surface area contributed by atoms with E-state index in [1.54, 1.807) is 0 Å². The second-order valence-corrected chi connectivity index (χ2v) is 1.88. The van der Waals surface area contributed by atoms with Gasteiger partial charge in [0, 0.05) is 0 Å². The van der Waals surface area contributed by atoms with E-state index in [0.717, 1.165) is 0 Å². The number of ether oxygens (including phenoxy) is 1. The molecule has 0 spiro atoms. The Bertz CT molecular complexity index is 257. The summed E-state index contributed by atoms with van der Waals surface area (Å²) in [5, 5.41) is 3.68. The number of hydrogen-bond acceptors (Lipinski definition) is 5. The Hall–Kier alpha value is -1.59. The number of hydrogen-bond donors (Lipinski definition) is 1. The number of aromatic nitrogens is 3. The van der Waals surface area contributed by atoms with Crippen LogP contribution in [0.5, 0.6) is 0 Å². The van der Waals surface area contributed by atoms with Gasteiger partial charge in [0.1, 0.15) is 12.9 Å². The molecule has 0 atom stereocenters. The van der Waals surface area contributed by atoms with Gasteiger partial charge in [-0.1, -0.05) is 0 Å². The lowest BCUT2D eigenvalue weighted by Crippen LogP contribution is -2.11. The normalized spacial score (nSPS) is 9.55. The summed E-state index contributed by atoms with van der Waals surface area (Å²) in [7, 11) is 1.31. The van der Waals surface area contributed by atoms with Crippen molar-refractivity contribution in [3.63, 3.8) is 0 Å². The number of nitrogen functional groups attached to an aromatic ring is 1. The quantitative estimate of drug-likeness (QED) is 0.557. The fraction of sp³-hybridized carbons (Fsp3) is 0.400. The predicted molar refractivity (Wildman–Crippen MR) is 36.5 cm³/mol. The van der Waals surface area contributed by atoms with E-state index in [0.29, 0.717) is 0 Å². The highest BCUT2D eigenvalue weighted by atomic mass is 16.5. The monoisotopic (exact) mass is 156 g/mol. The molecule has 0 saturated heterocycles. The van der Waals surface area contributed by atoms with Crippen molar-refractivity contribution < 1.29 is 9.53 Å². The molecule has 1 heterocycles. The van der Waals surface area contributed by atoms with Crippen LogP contribution in [-0.4, -0.2) is 27.8 Å². The average Bonchev–Trinajstić information content (AvgIpc) is 2.35. The molecule has 0 fully saturated rings. The van der Waals surface area contributed by atoms with Crippen LogP contribution in [0.1, 0.15) is 0 Å². The number of rotatable bonds is 2. The van der Waals surface area contributed by atoms with Crippen molar-refractivity contribution in [1.29, 1.82) is 0 Å². The molecule has 60 valence electrons. The van der Waals surface area contributed by atoms with Gasteiger partial charge in [-0.25, -0.2) is 9.67 Å². The lowest BCUT2D eigenvalue weighted by Gasteiger charge is -1.96. The first-order valence-electron chi connectivity index (χ1n) is 2.94. The first-order valence-corrected chi connectivity index (χ1v) is 2.94. The molecule has 1 aromatic heterocycles. The zero-order valence-electron chi connectivity index (χ0n) is 6.02.